The van der Waals surface area contributed by atoms with Crippen LogP contribution in [-0.4, -0.2) is 23.9 Å². The van der Waals surface area contributed by atoms with Crippen molar-refractivity contribution >= 4 is 5.97 Å². The average Bonchev–Trinajstić information content (AvgIpc) is 2.19. The number of carbonyl (C=O) groups excluding carboxylic acids is 1. The molecule has 0 atom stereocenters. The number of hydrogen-bond acceptors (Lipinski definition) is 4. The molecule has 0 spiro atoms. The van der Waals surface area contributed by atoms with Gasteiger partial charge in [-0.25, -0.2) is 14.2 Å². The minimum absolute atomic E-state index is 0.0317. The van der Waals surface area contributed by atoms with Gasteiger partial charge in [-0.15, -0.1) is 13.2 Å². The van der Waals surface area contributed by atoms with E-state index < -0.39 is 29.6 Å². The van der Waals surface area contributed by atoms with Crippen LogP contribution in [0, 0.1) is 5.82 Å². The maximum atomic E-state index is 13.4. The lowest BCUT2D eigenvalue weighted by molar-refractivity contribution is -0.277. The van der Waals surface area contributed by atoms with E-state index >= 15 is 0 Å². The number of alkyl halides is 3. The number of hydrogen-bond donors (Lipinski definition) is 0. The van der Waals surface area contributed by atoms with Crippen LogP contribution in [0.3, 0.4) is 0 Å². The average molecular weight is 253 g/mol. The summed E-state index contributed by atoms with van der Waals surface area (Å²) >= 11 is 0. The Morgan fingerprint density at radius 3 is 2.65 bits per heavy atom. The van der Waals surface area contributed by atoms with Gasteiger partial charge in [-0.05, 0) is 13.0 Å². The highest BCUT2D eigenvalue weighted by molar-refractivity contribution is 5.89. The van der Waals surface area contributed by atoms with E-state index in [0.717, 1.165) is 12.3 Å². The van der Waals surface area contributed by atoms with Crippen LogP contribution in [0.25, 0.3) is 0 Å². The fraction of sp³-hybridized carbons (Fsp3) is 0.333. The minimum atomic E-state index is -5.08. The Morgan fingerprint density at radius 2 is 2.12 bits per heavy atom. The maximum Gasteiger partial charge on any atom is 0.574 e. The van der Waals surface area contributed by atoms with Crippen LogP contribution in [0.4, 0.5) is 17.6 Å². The molecule has 4 nitrogen and oxygen atoms in total. The smallest absolute Gasteiger partial charge is 0.462 e. The molecule has 0 amide bonds. The molecule has 0 N–H and O–H groups in total. The number of ether oxygens (including phenoxy) is 2. The molecule has 0 fully saturated rings. The second kappa shape index (κ2) is 4.98. The maximum absolute atomic E-state index is 13.4. The highest BCUT2D eigenvalue weighted by Crippen LogP contribution is 2.25. The van der Waals surface area contributed by atoms with E-state index in [4.69, 9.17) is 0 Å². The van der Waals surface area contributed by atoms with E-state index in [9.17, 15) is 22.4 Å². The Labute approximate surface area is 93.2 Å². The third kappa shape index (κ3) is 3.58. The molecule has 0 unspecified atom stereocenters. The topological polar surface area (TPSA) is 48.4 Å². The van der Waals surface area contributed by atoms with Crippen LogP contribution in [0.5, 0.6) is 5.88 Å². The highest BCUT2D eigenvalue weighted by Gasteiger charge is 2.34. The molecule has 0 saturated heterocycles. The van der Waals surface area contributed by atoms with Gasteiger partial charge in [-0.1, -0.05) is 0 Å². The van der Waals surface area contributed by atoms with Gasteiger partial charge in [0.1, 0.15) is 5.56 Å². The largest absolute Gasteiger partial charge is 0.574 e. The molecule has 94 valence electrons. The van der Waals surface area contributed by atoms with Crippen LogP contribution in [0.1, 0.15) is 17.3 Å². The number of carbonyl (C=O) groups is 1. The lowest BCUT2D eigenvalue weighted by Gasteiger charge is -2.10. The predicted molar refractivity (Wildman–Crippen MR) is 46.8 cm³/mol. The summed E-state index contributed by atoms with van der Waals surface area (Å²) in [5, 5.41) is 0. The fourth-order valence-electron chi connectivity index (χ4n) is 0.972. The van der Waals surface area contributed by atoms with Crippen molar-refractivity contribution in [3.05, 3.63) is 23.6 Å². The quantitative estimate of drug-likeness (QED) is 0.612. The summed E-state index contributed by atoms with van der Waals surface area (Å²) < 4.78 is 56.7. The molecule has 8 heteroatoms. The Balaban J connectivity index is 3.03. The van der Waals surface area contributed by atoms with Crippen LogP contribution in [0.15, 0.2) is 12.3 Å². The zero-order chi connectivity index (χ0) is 13.1. The third-order valence-electron chi connectivity index (χ3n) is 1.56. The lowest BCUT2D eigenvalue weighted by atomic mass is 10.2. The number of nitrogens with zero attached hydrogens (tertiary/aromatic N) is 1. The van der Waals surface area contributed by atoms with E-state index in [1.165, 1.54) is 6.92 Å². The third-order valence-corrected chi connectivity index (χ3v) is 1.56. The van der Waals surface area contributed by atoms with E-state index in [-0.39, 0.29) is 6.61 Å². The molecule has 1 rings (SSSR count). The van der Waals surface area contributed by atoms with Gasteiger partial charge in [0.05, 0.1) is 6.61 Å². The Morgan fingerprint density at radius 1 is 1.47 bits per heavy atom. The lowest BCUT2D eigenvalue weighted by Crippen LogP contribution is -2.20. The van der Waals surface area contributed by atoms with Crippen molar-refractivity contribution in [1.82, 2.24) is 4.98 Å². The van der Waals surface area contributed by atoms with Gasteiger partial charge in [-0.3, -0.25) is 0 Å². The first-order chi connectivity index (χ1) is 7.85. The summed E-state index contributed by atoms with van der Waals surface area (Å²) in [5.41, 5.74) is -0.666. The number of halogens is 4. The van der Waals surface area contributed by atoms with Crippen molar-refractivity contribution in [1.29, 1.82) is 0 Å². The second-order valence-electron chi connectivity index (χ2n) is 2.75. The van der Waals surface area contributed by atoms with Crippen molar-refractivity contribution < 1.29 is 31.8 Å². The minimum Gasteiger partial charge on any atom is -0.462 e. The standard InChI is InChI=1S/C9H7F4NO3/c1-2-16-8(15)5-3-4-14-7(6(5)10)17-9(11,12)13/h3-4H,2H2,1H3. The van der Waals surface area contributed by atoms with Gasteiger partial charge in [0.15, 0.2) is 5.82 Å². The first-order valence-electron chi connectivity index (χ1n) is 4.42. The zero-order valence-corrected chi connectivity index (χ0v) is 8.55. The number of pyridine rings is 1. The van der Waals surface area contributed by atoms with Crippen molar-refractivity contribution in [3.8, 4) is 5.88 Å². The molecule has 0 radical (unpaired) electrons. The fourth-order valence-corrected chi connectivity index (χ4v) is 0.972. The van der Waals surface area contributed by atoms with Crippen LogP contribution >= 0.6 is 0 Å². The predicted octanol–water partition coefficient (Wildman–Crippen LogP) is 2.30. The van der Waals surface area contributed by atoms with E-state index in [1.54, 1.807) is 0 Å². The van der Waals surface area contributed by atoms with Crippen molar-refractivity contribution in [3.63, 3.8) is 0 Å². The monoisotopic (exact) mass is 253 g/mol. The summed E-state index contributed by atoms with van der Waals surface area (Å²) in [6, 6.07) is 0.899. The van der Waals surface area contributed by atoms with Crippen LogP contribution in [-0.2, 0) is 4.74 Å². The van der Waals surface area contributed by atoms with E-state index in [1.807, 2.05) is 0 Å². The van der Waals surface area contributed by atoms with Gasteiger partial charge in [0.2, 0.25) is 0 Å². The summed E-state index contributed by atoms with van der Waals surface area (Å²) in [7, 11) is 0. The van der Waals surface area contributed by atoms with Crippen LogP contribution in [0.2, 0.25) is 0 Å². The molecular formula is C9H7F4NO3. The van der Waals surface area contributed by atoms with Crippen molar-refractivity contribution in [2.45, 2.75) is 13.3 Å². The second-order valence-corrected chi connectivity index (χ2v) is 2.75. The first kappa shape index (κ1) is 13.2. The Hall–Kier alpha value is -1.86. The molecule has 0 aliphatic heterocycles. The van der Waals surface area contributed by atoms with Crippen LogP contribution < -0.4 is 4.74 Å². The Kier molecular flexibility index (Phi) is 3.87. The van der Waals surface area contributed by atoms with E-state index in [0.29, 0.717) is 0 Å². The van der Waals surface area contributed by atoms with Gasteiger partial charge in [0, 0.05) is 6.20 Å². The number of rotatable bonds is 3. The highest BCUT2D eigenvalue weighted by atomic mass is 19.4. The van der Waals surface area contributed by atoms with Gasteiger partial charge < -0.3 is 9.47 Å². The molecule has 0 aliphatic carbocycles. The molecule has 1 heterocycles. The zero-order valence-electron chi connectivity index (χ0n) is 8.55. The Bertz CT molecular complexity index is 419. The summed E-state index contributed by atoms with van der Waals surface area (Å²) in [6.45, 7) is 1.44. The van der Waals surface area contributed by atoms with E-state index in [2.05, 4.69) is 14.5 Å². The molecule has 0 bridgehead atoms. The molecule has 0 aliphatic rings. The summed E-state index contributed by atoms with van der Waals surface area (Å²) in [5.74, 6) is -3.91. The molecule has 0 saturated carbocycles. The molecular weight excluding hydrogens is 246 g/mol. The number of esters is 1. The normalized spacial score (nSPS) is 11.1. The van der Waals surface area contributed by atoms with Gasteiger partial charge in [-0.2, -0.15) is 0 Å². The molecule has 17 heavy (non-hydrogen) atoms. The molecule has 1 aromatic heterocycles. The molecule has 0 aromatic carbocycles. The van der Waals surface area contributed by atoms with Gasteiger partial charge >= 0.3 is 12.3 Å². The summed E-state index contributed by atoms with van der Waals surface area (Å²) in [6.07, 6.45) is -4.27. The molecule has 1 aromatic rings. The first-order valence-corrected chi connectivity index (χ1v) is 4.42. The number of aromatic nitrogens is 1. The SMILES string of the molecule is CCOC(=O)c1ccnc(OC(F)(F)F)c1F. The van der Waals surface area contributed by atoms with Crippen molar-refractivity contribution in [2.24, 2.45) is 0 Å². The summed E-state index contributed by atoms with van der Waals surface area (Å²) in [4.78, 5) is 14.2. The van der Waals surface area contributed by atoms with Crippen molar-refractivity contribution in [2.75, 3.05) is 6.61 Å². The van der Waals surface area contributed by atoms with Gasteiger partial charge in [0.25, 0.3) is 5.88 Å².